The number of imidazole rings is 1. The minimum Gasteiger partial charge on any atom is -0.358 e. The number of nitro groups is 2. The second-order valence-electron chi connectivity index (χ2n) is 3.41. The van der Waals surface area contributed by atoms with Gasteiger partial charge in [-0.3, -0.25) is 14.7 Å². The highest BCUT2D eigenvalue weighted by Gasteiger charge is 2.17. The standard InChI is InChI=1S/C9H7N5O4/c1-6-11-9(14(17)18)5-12(6)8-3-2-7(4-10-8)13(15)16/h2-5H,1H3. The van der Waals surface area contributed by atoms with Gasteiger partial charge in [0.05, 0.1) is 4.92 Å². The largest absolute Gasteiger partial charge is 0.382 e. The van der Waals surface area contributed by atoms with E-state index >= 15 is 0 Å². The van der Waals surface area contributed by atoms with Crippen LogP contribution in [0.25, 0.3) is 5.82 Å². The zero-order chi connectivity index (χ0) is 13.3. The van der Waals surface area contributed by atoms with Crippen molar-refractivity contribution in [3.05, 3.63) is 50.6 Å². The van der Waals surface area contributed by atoms with Crippen molar-refractivity contribution < 1.29 is 9.85 Å². The second kappa shape index (κ2) is 4.20. The van der Waals surface area contributed by atoms with Gasteiger partial charge in [0.2, 0.25) is 5.82 Å². The maximum Gasteiger partial charge on any atom is 0.382 e. The van der Waals surface area contributed by atoms with Crippen molar-refractivity contribution in [3.8, 4) is 5.82 Å². The summed E-state index contributed by atoms with van der Waals surface area (Å²) in [4.78, 5) is 27.4. The van der Waals surface area contributed by atoms with Gasteiger partial charge in [-0.2, -0.15) is 0 Å². The van der Waals surface area contributed by atoms with Gasteiger partial charge in [0, 0.05) is 13.0 Å². The lowest BCUT2D eigenvalue weighted by Gasteiger charge is -1.99. The monoisotopic (exact) mass is 249 g/mol. The molecule has 0 aliphatic carbocycles. The molecule has 0 fully saturated rings. The van der Waals surface area contributed by atoms with Crippen molar-refractivity contribution in [3.63, 3.8) is 0 Å². The highest BCUT2D eigenvalue weighted by atomic mass is 16.6. The van der Waals surface area contributed by atoms with Crippen LogP contribution in [0.2, 0.25) is 0 Å². The number of nitrogens with zero attached hydrogens (tertiary/aromatic N) is 5. The minimum absolute atomic E-state index is 0.147. The first-order valence-corrected chi connectivity index (χ1v) is 4.80. The molecule has 0 saturated carbocycles. The van der Waals surface area contributed by atoms with Crippen molar-refractivity contribution in [1.29, 1.82) is 0 Å². The smallest absolute Gasteiger partial charge is 0.358 e. The van der Waals surface area contributed by atoms with Crippen molar-refractivity contribution >= 4 is 11.5 Å². The lowest BCUT2D eigenvalue weighted by molar-refractivity contribution is -0.389. The molecule has 0 atom stereocenters. The maximum atomic E-state index is 10.6. The highest BCUT2D eigenvalue weighted by Crippen LogP contribution is 2.17. The van der Waals surface area contributed by atoms with E-state index in [2.05, 4.69) is 9.97 Å². The number of pyridine rings is 1. The van der Waals surface area contributed by atoms with E-state index < -0.39 is 9.85 Å². The molecular weight excluding hydrogens is 242 g/mol. The lowest BCUT2D eigenvalue weighted by Crippen LogP contribution is -1.99. The fourth-order valence-electron chi connectivity index (χ4n) is 1.41. The Morgan fingerprint density at radius 2 is 1.94 bits per heavy atom. The third kappa shape index (κ3) is 2.00. The zero-order valence-electron chi connectivity index (χ0n) is 9.18. The van der Waals surface area contributed by atoms with E-state index in [-0.39, 0.29) is 11.5 Å². The highest BCUT2D eigenvalue weighted by molar-refractivity contribution is 5.35. The summed E-state index contributed by atoms with van der Waals surface area (Å²) in [6.07, 6.45) is 2.30. The van der Waals surface area contributed by atoms with E-state index in [1.807, 2.05) is 0 Å². The van der Waals surface area contributed by atoms with Crippen LogP contribution in [0.3, 0.4) is 0 Å². The van der Waals surface area contributed by atoms with Crippen molar-refractivity contribution in [2.24, 2.45) is 0 Å². The van der Waals surface area contributed by atoms with Crippen LogP contribution >= 0.6 is 0 Å². The molecule has 2 rings (SSSR count). The quantitative estimate of drug-likeness (QED) is 0.599. The Balaban J connectivity index is 2.42. The molecule has 0 spiro atoms. The van der Waals surface area contributed by atoms with Gasteiger partial charge in [0.25, 0.3) is 5.69 Å². The van der Waals surface area contributed by atoms with Crippen LogP contribution in [0.1, 0.15) is 5.82 Å². The summed E-state index contributed by atoms with van der Waals surface area (Å²) in [5.74, 6) is 0.411. The summed E-state index contributed by atoms with van der Waals surface area (Å²) < 4.78 is 1.39. The summed E-state index contributed by atoms with van der Waals surface area (Å²) in [6, 6.07) is 2.67. The molecular formula is C9H7N5O4. The summed E-state index contributed by atoms with van der Waals surface area (Å²) >= 11 is 0. The van der Waals surface area contributed by atoms with Crippen molar-refractivity contribution in [1.82, 2.24) is 14.5 Å². The number of aromatic nitrogens is 3. The van der Waals surface area contributed by atoms with Crippen LogP contribution < -0.4 is 0 Å². The predicted molar refractivity (Wildman–Crippen MR) is 59.4 cm³/mol. The molecule has 0 aromatic carbocycles. The Hall–Kier alpha value is -2.84. The van der Waals surface area contributed by atoms with Crippen LogP contribution in [0.5, 0.6) is 0 Å². The predicted octanol–water partition coefficient (Wildman–Crippen LogP) is 1.39. The molecule has 0 bridgehead atoms. The van der Waals surface area contributed by atoms with E-state index in [4.69, 9.17) is 0 Å². The molecule has 0 N–H and O–H groups in total. The van der Waals surface area contributed by atoms with E-state index in [0.29, 0.717) is 11.6 Å². The first kappa shape index (κ1) is 11.6. The van der Waals surface area contributed by atoms with Gasteiger partial charge in [-0.05, 0) is 16.0 Å². The molecule has 0 aliphatic rings. The molecule has 0 unspecified atom stereocenters. The molecule has 2 aromatic rings. The van der Waals surface area contributed by atoms with Crippen LogP contribution in [-0.4, -0.2) is 24.4 Å². The number of hydrogen-bond acceptors (Lipinski definition) is 6. The lowest BCUT2D eigenvalue weighted by atomic mass is 10.4. The molecule has 0 amide bonds. The molecule has 2 aromatic heterocycles. The van der Waals surface area contributed by atoms with Gasteiger partial charge in [0.15, 0.2) is 0 Å². The average molecular weight is 249 g/mol. The van der Waals surface area contributed by atoms with Gasteiger partial charge >= 0.3 is 5.82 Å². The van der Waals surface area contributed by atoms with Crippen LogP contribution in [0.4, 0.5) is 11.5 Å². The fourth-order valence-corrected chi connectivity index (χ4v) is 1.41. The molecule has 0 radical (unpaired) electrons. The van der Waals surface area contributed by atoms with E-state index in [1.54, 1.807) is 6.92 Å². The zero-order valence-corrected chi connectivity index (χ0v) is 9.18. The van der Waals surface area contributed by atoms with Gasteiger partial charge < -0.3 is 10.1 Å². The number of rotatable bonds is 3. The molecule has 9 nitrogen and oxygen atoms in total. The van der Waals surface area contributed by atoms with E-state index in [9.17, 15) is 20.2 Å². The van der Waals surface area contributed by atoms with Gasteiger partial charge in [0.1, 0.15) is 18.2 Å². The molecule has 18 heavy (non-hydrogen) atoms. The Morgan fingerprint density at radius 3 is 2.39 bits per heavy atom. The molecule has 0 aliphatic heterocycles. The SMILES string of the molecule is Cc1nc([N+](=O)[O-])cn1-c1ccc([N+](=O)[O-])cn1. The van der Waals surface area contributed by atoms with Gasteiger partial charge in [-0.1, -0.05) is 0 Å². The van der Waals surface area contributed by atoms with E-state index in [0.717, 1.165) is 6.20 Å². The first-order chi connectivity index (χ1) is 8.49. The van der Waals surface area contributed by atoms with E-state index in [1.165, 1.54) is 22.9 Å². The van der Waals surface area contributed by atoms with Crippen molar-refractivity contribution in [2.45, 2.75) is 6.92 Å². The molecule has 0 saturated heterocycles. The third-order valence-corrected chi connectivity index (χ3v) is 2.25. The normalized spacial score (nSPS) is 10.3. The Kier molecular flexibility index (Phi) is 2.72. The van der Waals surface area contributed by atoms with Crippen LogP contribution in [0, 0.1) is 27.2 Å². The van der Waals surface area contributed by atoms with Crippen LogP contribution in [-0.2, 0) is 0 Å². The Morgan fingerprint density at radius 1 is 1.22 bits per heavy atom. The number of hydrogen-bond donors (Lipinski definition) is 0. The molecule has 92 valence electrons. The van der Waals surface area contributed by atoms with Gasteiger partial charge in [-0.25, -0.2) is 4.98 Å². The Bertz CT molecular complexity index is 618. The summed E-state index contributed by atoms with van der Waals surface area (Å²) in [7, 11) is 0. The molecule has 2 heterocycles. The third-order valence-electron chi connectivity index (χ3n) is 2.25. The fraction of sp³-hybridized carbons (Fsp3) is 0.111. The molecule has 9 heteroatoms. The Labute approximate surface area is 100 Å². The van der Waals surface area contributed by atoms with Crippen molar-refractivity contribution in [2.75, 3.05) is 0 Å². The minimum atomic E-state index is -0.616. The second-order valence-corrected chi connectivity index (χ2v) is 3.41. The summed E-state index contributed by atoms with van der Waals surface area (Å²) in [5, 5.41) is 21.0. The number of aryl methyl sites for hydroxylation is 1. The summed E-state index contributed by atoms with van der Waals surface area (Å²) in [5.41, 5.74) is -0.147. The topological polar surface area (TPSA) is 117 Å². The maximum absolute atomic E-state index is 10.6. The first-order valence-electron chi connectivity index (χ1n) is 4.80. The average Bonchev–Trinajstić information content (AvgIpc) is 2.71. The van der Waals surface area contributed by atoms with Crippen LogP contribution in [0.15, 0.2) is 24.5 Å². The summed E-state index contributed by atoms with van der Waals surface area (Å²) in [6.45, 7) is 1.58. The van der Waals surface area contributed by atoms with Gasteiger partial charge in [-0.15, -0.1) is 0 Å².